The first-order valence-electron chi connectivity index (χ1n) is 6.08. The molecule has 1 nitrogen and oxygen atoms in total. The molecule has 0 aromatic heterocycles. The van der Waals surface area contributed by atoms with Crippen LogP contribution in [0.4, 0.5) is 17.6 Å². The summed E-state index contributed by atoms with van der Waals surface area (Å²) >= 11 is 3.24. The SMILES string of the molecule is CCNC(CCCC(F)(F)F)c1cc(Br)ccc1F. The van der Waals surface area contributed by atoms with Gasteiger partial charge in [-0.3, -0.25) is 0 Å². The summed E-state index contributed by atoms with van der Waals surface area (Å²) in [6.45, 7) is 2.41. The van der Waals surface area contributed by atoms with Crippen LogP contribution in [0.25, 0.3) is 0 Å². The first-order valence-corrected chi connectivity index (χ1v) is 6.88. The molecule has 1 rings (SSSR count). The number of hydrogen-bond acceptors (Lipinski definition) is 1. The number of benzene rings is 1. The van der Waals surface area contributed by atoms with Gasteiger partial charge in [0.25, 0.3) is 0 Å². The van der Waals surface area contributed by atoms with Crippen molar-refractivity contribution in [3.05, 3.63) is 34.1 Å². The highest BCUT2D eigenvalue weighted by Gasteiger charge is 2.27. The minimum Gasteiger partial charge on any atom is -0.310 e. The molecule has 0 bridgehead atoms. The van der Waals surface area contributed by atoms with E-state index in [0.717, 1.165) is 0 Å². The molecule has 0 spiro atoms. The molecule has 0 saturated carbocycles. The second kappa shape index (κ2) is 7.24. The van der Waals surface area contributed by atoms with E-state index in [1.165, 1.54) is 6.07 Å². The number of rotatable bonds is 6. The van der Waals surface area contributed by atoms with E-state index >= 15 is 0 Å². The fraction of sp³-hybridized carbons (Fsp3) is 0.538. The lowest BCUT2D eigenvalue weighted by atomic mass is 10.0. The Hall–Kier alpha value is -0.620. The van der Waals surface area contributed by atoms with E-state index in [-0.39, 0.29) is 12.8 Å². The lowest BCUT2D eigenvalue weighted by Gasteiger charge is -2.19. The van der Waals surface area contributed by atoms with Gasteiger partial charge in [0.1, 0.15) is 5.82 Å². The van der Waals surface area contributed by atoms with Crippen LogP contribution in [0.5, 0.6) is 0 Å². The van der Waals surface area contributed by atoms with E-state index < -0.39 is 24.5 Å². The minimum absolute atomic E-state index is 0.0207. The van der Waals surface area contributed by atoms with Gasteiger partial charge in [-0.15, -0.1) is 0 Å². The Bertz CT molecular complexity index is 406. The average Bonchev–Trinajstić information content (AvgIpc) is 2.30. The smallest absolute Gasteiger partial charge is 0.310 e. The Labute approximate surface area is 118 Å². The Kier molecular flexibility index (Phi) is 6.26. The number of halogens is 5. The van der Waals surface area contributed by atoms with Gasteiger partial charge in [0.2, 0.25) is 0 Å². The maximum atomic E-state index is 13.7. The van der Waals surface area contributed by atoms with E-state index in [1.807, 2.05) is 6.92 Å². The molecular weight excluding hydrogens is 326 g/mol. The lowest BCUT2D eigenvalue weighted by molar-refractivity contribution is -0.135. The lowest BCUT2D eigenvalue weighted by Crippen LogP contribution is -2.22. The molecule has 6 heteroatoms. The van der Waals surface area contributed by atoms with E-state index in [2.05, 4.69) is 21.2 Å². The van der Waals surface area contributed by atoms with E-state index in [4.69, 9.17) is 0 Å². The maximum absolute atomic E-state index is 13.7. The van der Waals surface area contributed by atoms with Gasteiger partial charge >= 0.3 is 6.18 Å². The largest absolute Gasteiger partial charge is 0.389 e. The quantitative estimate of drug-likeness (QED) is 0.720. The van der Waals surface area contributed by atoms with Gasteiger partial charge in [-0.2, -0.15) is 13.2 Å². The summed E-state index contributed by atoms with van der Waals surface area (Å²) in [5.74, 6) is -0.402. The van der Waals surface area contributed by atoms with Gasteiger partial charge in [0.05, 0.1) is 0 Å². The van der Waals surface area contributed by atoms with Crippen molar-refractivity contribution in [2.75, 3.05) is 6.54 Å². The fourth-order valence-corrected chi connectivity index (χ4v) is 2.28. The van der Waals surface area contributed by atoms with Crippen molar-refractivity contribution < 1.29 is 17.6 Å². The van der Waals surface area contributed by atoms with Gasteiger partial charge in [-0.05, 0) is 37.6 Å². The van der Waals surface area contributed by atoms with E-state index in [0.29, 0.717) is 16.6 Å². The summed E-state index contributed by atoms with van der Waals surface area (Å²) in [6.07, 6.45) is -4.77. The molecule has 0 radical (unpaired) electrons. The third-order valence-corrected chi connectivity index (χ3v) is 3.23. The van der Waals surface area contributed by atoms with Crippen LogP contribution in [0.1, 0.15) is 37.8 Å². The molecule has 0 aliphatic carbocycles. The molecule has 1 unspecified atom stereocenters. The number of hydrogen-bond donors (Lipinski definition) is 1. The molecule has 0 aliphatic heterocycles. The van der Waals surface area contributed by atoms with Crippen molar-refractivity contribution in [2.24, 2.45) is 0 Å². The zero-order chi connectivity index (χ0) is 14.5. The van der Waals surface area contributed by atoms with Crippen LogP contribution >= 0.6 is 15.9 Å². The first kappa shape index (κ1) is 16.4. The van der Waals surface area contributed by atoms with Crippen molar-refractivity contribution in [1.82, 2.24) is 5.32 Å². The summed E-state index contributed by atoms with van der Waals surface area (Å²) in [5.41, 5.74) is 0.401. The van der Waals surface area contributed by atoms with Crippen LogP contribution in [0.15, 0.2) is 22.7 Å². The zero-order valence-corrected chi connectivity index (χ0v) is 12.1. The second-order valence-electron chi connectivity index (χ2n) is 4.28. The van der Waals surface area contributed by atoms with Gasteiger partial charge in [-0.25, -0.2) is 4.39 Å². The number of alkyl halides is 3. The van der Waals surface area contributed by atoms with Gasteiger partial charge in [0, 0.05) is 22.5 Å². The van der Waals surface area contributed by atoms with Crippen LogP contribution in [-0.2, 0) is 0 Å². The zero-order valence-electron chi connectivity index (χ0n) is 10.5. The predicted molar refractivity (Wildman–Crippen MR) is 70.4 cm³/mol. The molecule has 1 atom stereocenters. The summed E-state index contributed by atoms with van der Waals surface area (Å²) in [5, 5.41) is 3.03. The molecule has 0 aliphatic rings. The van der Waals surface area contributed by atoms with E-state index in [9.17, 15) is 17.6 Å². The maximum Gasteiger partial charge on any atom is 0.389 e. The highest BCUT2D eigenvalue weighted by molar-refractivity contribution is 9.10. The first-order chi connectivity index (χ1) is 8.83. The fourth-order valence-electron chi connectivity index (χ4n) is 1.90. The molecule has 108 valence electrons. The molecule has 0 saturated heterocycles. The van der Waals surface area contributed by atoms with Gasteiger partial charge < -0.3 is 5.32 Å². The predicted octanol–water partition coefficient (Wildman–Crippen LogP) is 4.97. The summed E-state index contributed by atoms with van der Waals surface area (Å²) < 4.78 is 50.8. The minimum atomic E-state index is -4.16. The monoisotopic (exact) mass is 341 g/mol. The van der Waals surface area contributed by atoms with Crippen molar-refractivity contribution in [1.29, 1.82) is 0 Å². The molecule has 1 N–H and O–H groups in total. The van der Waals surface area contributed by atoms with Gasteiger partial charge in [-0.1, -0.05) is 22.9 Å². The number of nitrogens with one attached hydrogen (secondary N) is 1. The van der Waals surface area contributed by atoms with Crippen LogP contribution in [-0.4, -0.2) is 12.7 Å². The molecule has 0 heterocycles. The highest BCUT2D eigenvalue weighted by atomic mass is 79.9. The van der Waals surface area contributed by atoms with Crippen LogP contribution in [0.3, 0.4) is 0 Å². The molecule has 0 fully saturated rings. The third kappa shape index (κ3) is 5.91. The van der Waals surface area contributed by atoms with Crippen molar-refractivity contribution in [2.45, 2.75) is 38.4 Å². The van der Waals surface area contributed by atoms with E-state index in [1.54, 1.807) is 12.1 Å². The summed E-state index contributed by atoms with van der Waals surface area (Å²) in [6, 6.07) is 4.09. The topological polar surface area (TPSA) is 12.0 Å². The Balaban J connectivity index is 2.73. The summed E-state index contributed by atoms with van der Waals surface area (Å²) in [7, 11) is 0. The second-order valence-corrected chi connectivity index (χ2v) is 5.20. The van der Waals surface area contributed by atoms with Crippen molar-refractivity contribution in [3.63, 3.8) is 0 Å². The van der Waals surface area contributed by atoms with Crippen molar-refractivity contribution >= 4 is 15.9 Å². The van der Waals surface area contributed by atoms with Crippen LogP contribution in [0, 0.1) is 5.82 Å². The van der Waals surface area contributed by atoms with Crippen LogP contribution < -0.4 is 5.32 Å². The molecule has 1 aromatic rings. The van der Waals surface area contributed by atoms with Gasteiger partial charge in [0.15, 0.2) is 0 Å². The molecule has 1 aromatic carbocycles. The molecule has 19 heavy (non-hydrogen) atoms. The third-order valence-electron chi connectivity index (χ3n) is 2.74. The summed E-state index contributed by atoms with van der Waals surface area (Å²) in [4.78, 5) is 0. The van der Waals surface area contributed by atoms with Crippen molar-refractivity contribution in [3.8, 4) is 0 Å². The normalized spacial score (nSPS) is 13.6. The molecular formula is C13H16BrF4N. The van der Waals surface area contributed by atoms with Crippen LogP contribution in [0.2, 0.25) is 0 Å². The molecule has 0 amide bonds. The average molecular weight is 342 g/mol. The highest BCUT2D eigenvalue weighted by Crippen LogP contribution is 2.28. The Morgan fingerprint density at radius 1 is 1.32 bits per heavy atom. The Morgan fingerprint density at radius 2 is 2.00 bits per heavy atom. The standard InChI is InChI=1S/C13H16BrF4N/c1-2-19-12(4-3-7-13(16,17)18)10-8-9(14)5-6-11(10)15/h5-6,8,12,19H,2-4,7H2,1H3. The Morgan fingerprint density at radius 3 is 2.58 bits per heavy atom.